The Bertz CT molecular complexity index is 1220. The fourth-order valence-electron chi connectivity index (χ4n) is 4.35. The van der Waals surface area contributed by atoms with Gasteiger partial charge in [-0.05, 0) is 36.2 Å². The lowest BCUT2D eigenvalue weighted by Crippen LogP contribution is -2.56. The van der Waals surface area contributed by atoms with Crippen molar-refractivity contribution in [2.24, 2.45) is 5.92 Å². The molecule has 2 aromatic carbocycles. The number of rotatable bonds is 4. The Morgan fingerprint density at radius 1 is 0.939 bits per heavy atom. The van der Waals surface area contributed by atoms with Crippen molar-refractivity contribution < 1.29 is 39.1 Å². The van der Waals surface area contributed by atoms with E-state index < -0.39 is 30.3 Å². The summed E-state index contributed by atoms with van der Waals surface area (Å²) in [4.78, 5) is 13.1. The molecule has 9 heteroatoms. The maximum atomic E-state index is 13.1. The number of ether oxygens (including phenoxy) is 3. The summed E-state index contributed by atoms with van der Waals surface area (Å²) in [6.07, 6.45) is -3.32. The van der Waals surface area contributed by atoms with Gasteiger partial charge in [0.2, 0.25) is 0 Å². The van der Waals surface area contributed by atoms with E-state index in [1.165, 1.54) is 12.3 Å². The molecule has 2 aliphatic rings. The van der Waals surface area contributed by atoms with Crippen molar-refractivity contribution in [2.75, 3.05) is 19.8 Å². The predicted molar refractivity (Wildman–Crippen MR) is 117 cm³/mol. The van der Waals surface area contributed by atoms with E-state index in [2.05, 4.69) is 0 Å². The van der Waals surface area contributed by atoms with Gasteiger partial charge < -0.3 is 39.1 Å². The van der Waals surface area contributed by atoms with Crippen molar-refractivity contribution in [3.8, 4) is 28.4 Å². The highest BCUT2D eigenvalue weighted by Crippen LogP contribution is 2.35. The van der Waals surface area contributed by atoms with Gasteiger partial charge in [0.25, 0.3) is 0 Å². The standard InChI is InChI=1S/C24H24O9/c25-10-13-8-20(23(28)24(29)21(13)26)33-14-2-3-15-18(9-14)32-11-16(22(15)27)12-1-4-17-19(7-12)31-6-5-30-17/h1-4,7,9,11,13,20-21,23-26,28-29H,5-6,8,10H2/t13-,20+,21-,23+,24-/m0/s1. The van der Waals surface area contributed by atoms with Gasteiger partial charge >= 0.3 is 0 Å². The molecule has 3 aromatic rings. The number of aliphatic hydroxyl groups excluding tert-OH is 4. The molecule has 33 heavy (non-hydrogen) atoms. The minimum atomic E-state index is -1.44. The molecular weight excluding hydrogens is 432 g/mol. The third-order valence-electron chi connectivity index (χ3n) is 6.22. The summed E-state index contributed by atoms with van der Waals surface area (Å²) in [5.74, 6) is 0.895. The van der Waals surface area contributed by atoms with E-state index >= 15 is 0 Å². The molecule has 0 saturated heterocycles. The highest BCUT2D eigenvalue weighted by atomic mass is 16.6. The molecule has 5 atom stereocenters. The summed E-state index contributed by atoms with van der Waals surface area (Å²) < 4.78 is 22.7. The van der Waals surface area contributed by atoms with E-state index in [-0.39, 0.29) is 18.5 Å². The van der Waals surface area contributed by atoms with E-state index in [0.717, 1.165) is 0 Å². The zero-order chi connectivity index (χ0) is 23.1. The summed E-state index contributed by atoms with van der Waals surface area (Å²) in [6, 6.07) is 9.94. The highest BCUT2D eigenvalue weighted by molar-refractivity contribution is 5.83. The molecule has 0 unspecified atom stereocenters. The van der Waals surface area contributed by atoms with Gasteiger partial charge in [-0.25, -0.2) is 0 Å². The molecule has 1 aromatic heterocycles. The molecule has 0 amide bonds. The second-order valence-electron chi connectivity index (χ2n) is 8.30. The molecule has 0 bridgehead atoms. The van der Waals surface area contributed by atoms with Crippen LogP contribution in [0.15, 0.2) is 51.9 Å². The molecule has 1 aliphatic heterocycles. The van der Waals surface area contributed by atoms with Crippen LogP contribution in [0.25, 0.3) is 22.1 Å². The van der Waals surface area contributed by atoms with Crippen LogP contribution in [0.3, 0.4) is 0 Å². The number of fused-ring (bicyclic) bond motifs is 2. The van der Waals surface area contributed by atoms with Gasteiger partial charge in [0.15, 0.2) is 16.9 Å². The molecule has 4 N–H and O–H groups in total. The first-order chi connectivity index (χ1) is 16.0. The lowest BCUT2D eigenvalue weighted by molar-refractivity contribution is -0.156. The van der Waals surface area contributed by atoms with Crippen molar-refractivity contribution >= 4 is 11.0 Å². The van der Waals surface area contributed by atoms with Gasteiger partial charge in [0.1, 0.15) is 49.1 Å². The zero-order valence-corrected chi connectivity index (χ0v) is 17.6. The van der Waals surface area contributed by atoms with E-state index in [1.807, 2.05) is 0 Å². The summed E-state index contributed by atoms with van der Waals surface area (Å²) in [5.41, 5.74) is 1.08. The van der Waals surface area contributed by atoms with Crippen molar-refractivity contribution in [3.05, 3.63) is 52.9 Å². The van der Waals surface area contributed by atoms with Crippen LogP contribution in [0.4, 0.5) is 0 Å². The maximum absolute atomic E-state index is 13.1. The number of benzene rings is 2. The van der Waals surface area contributed by atoms with E-state index in [4.69, 9.17) is 18.6 Å². The molecule has 0 spiro atoms. The second-order valence-corrected chi connectivity index (χ2v) is 8.30. The molecule has 9 nitrogen and oxygen atoms in total. The molecule has 174 valence electrons. The van der Waals surface area contributed by atoms with Gasteiger partial charge in [-0.15, -0.1) is 0 Å². The molecule has 5 rings (SSSR count). The van der Waals surface area contributed by atoms with Crippen LogP contribution in [0.1, 0.15) is 6.42 Å². The number of hydrogen-bond acceptors (Lipinski definition) is 9. The van der Waals surface area contributed by atoms with Crippen LogP contribution >= 0.6 is 0 Å². The Labute approximate surface area is 188 Å². The van der Waals surface area contributed by atoms with Crippen LogP contribution in [0.5, 0.6) is 17.2 Å². The van der Waals surface area contributed by atoms with Crippen LogP contribution in [0, 0.1) is 5.92 Å². The van der Waals surface area contributed by atoms with Crippen LogP contribution in [-0.2, 0) is 0 Å². The van der Waals surface area contributed by atoms with Gasteiger partial charge in [0, 0.05) is 18.6 Å². The summed E-state index contributed by atoms with van der Waals surface area (Å²) in [5, 5.41) is 40.1. The second kappa shape index (κ2) is 8.68. The largest absolute Gasteiger partial charge is 0.487 e. The van der Waals surface area contributed by atoms with Gasteiger partial charge in [-0.1, -0.05) is 6.07 Å². The Hall–Kier alpha value is -3.11. The predicted octanol–water partition coefficient (Wildman–Crippen LogP) is 1.07. The Kier molecular flexibility index (Phi) is 5.71. The van der Waals surface area contributed by atoms with Gasteiger partial charge in [0.05, 0.1) is 17.1 Å². The molecule has 1 aliphatic carbocycles. The van der Waals surface area contributed by atoms with Crippen LogP contribution in [0.2, 0.25) is 0 Å². The van der Waals surface area contributed by atoms with Crippen molar-refractivity contribution in [2.45, 2.75) is 30.8 Å². The lowest BCUT2D eigenvalue weighted by Gasteiger charge is -2.39. The first-order valence-electron chi connectivity index (χ1n) is 10.7. The first-order valence-corrected chi connectivity index (χ1v) is 10.7. The molecular formula is C24H24O9. The minimum absolute atomic E-state index is 0.154. The Balaban J connectivity index is 1.42. The van der Waals surface area contributed by atoms with Gasteiger partial charge in [-0.3, -0.25) is 4.79 Å². The fourth-order valence-corrected chi connectivity index (χ4v) is 4.35. The van der Waals surface area contributed by atoms with E-state index in [1.54, 1.807) is 30.3 Å². The van der Waals surface area contributed by atoms with Crippen LogP contribution in [-0.4, -0.2) is 64.7 Å². The average molecular weight is 456 g/mol. The van der Waals surface area contributed by atoms with Crippen molar-refractivity contribution in [1.29, 1.82) is 0 Å². The zero-order valence-electron chi connectivity index (χ0n) is 17.6. The number of hydrogen-bond donors (Lipinski definition) is 4. The quantitative estimate of drug-likeness (QED) is 0.454. The van der Waals surface area contributed by atoms with Crippen molar-refractivity contribution in [3.63, 3.8) is 0 Å². The summed E-state index contributed by atoms with van der Waals surface area (Å²) in [7, 11) is 0. The van der Waals surface area contributed by atoms with E-state index in [0.29, 0.717) is 52.6 Å². The first kappa shape index (κ1) is 21.7. The molecule has 0 radical (unpaired) electrons. The third kappa shape index (κ3) is 3.93. The smallest absolute Gasteiger partial charge is 0.200 e. The minimum Gasteiger partial charge on any atom is -0.487 e. The summed E-state index contributed by atoms with van der Waals surface area (Å²) in [6.45, 7) is 0.573. The average Bonchev–Trinajstić information content (AvgIpc) is 2.84. The molecule has 1 saturated carbocycles. The topological polar surface area (TPSA) is 139 Å². The monoisotopic (exact) mass is 456 g/mol. The molecule has 2 heterocycles. The third-order valence-corrected chi connectivity index (χ3v) is 6.22. The maximum Gasteiger partial charge on any atom is 0.200 e. The normalized spacial score (nSPS) is 26.8. The van der Waals surface area contributed by atoms with Gasteiger partial charge in [-0.2, -0.15) is 0 Å². The lowest BCUT2D eigenvalue weighted by atomic mass is 9.81. The SMILES string of the molecule is O=c1c(-c2ccc3c(c2)OCCO3)coc2cc(O[C@@H]3C[C@@H](CO)[C@H](O)[C@H](O)[C@@H]3O)ccc12. The van der Waals surface area contributed by atoms with Crippen molar-refractivity contribution in [1.82, 2.24) is 0 Å². The van der Waals surface area contributed by atoms with Crippen LogP contribution < -0.4 is 19.6 Å². The van der Waals surface area contributed by atoms with E-state index in [9.17, 15) is 25.2 Å². The number of aliphatic hydroxyl groups is 4. The highest BCUT2D eigenvalue weighted by Gasteiger charge is 2.43. The molecule has 1 fully saturated rings. The Morgan fingerprint density at radius 2 is 1.73 bits per heavy atom. The summed E-state index contributed by atoms with van der Waals surface area (Å²) >= 11 is 0. The Morgan fingerprint density at radius 3 is 2.52 bits per heavy atom. The fraction of sp³-hybridized carbons (Fsp3) is 0.375.